The Labute approximate surface area is 156 Å². The predicted molar refractivity (Wildman–Crippen MR) is 98.1 cm³/mol. The summed E-state index contributed by atoms with van der Waals surface area (Å²) < 4.78 is 5.80. The first-order valence-corrected chi connectivity index (χ1v) is 9.24. The molecule has 1 heterocycles. The summed E-state index contributed by atoms with van der Waals surface area (Å²) in [5, 5.41) is 10.1. The van der Waals surface area contributed by atoms with Crippen LogP contribution in [0.25, 0.3) is 0 Å². The van der Waals surface area contributed by atoms with Crippen molar-refractivity contribution in [3.05, 3.63) is 62.6 Å². The van der Waals surface area contributed by atoms with Gasteiger partial charge in [-0.25, -0.2) is 0 Å². The Morgan fingerprint density at radius 3 is 2.56 bits per heavy atom. The fourth-order valence-corrected chi connectivity index (χ4v) is 4.73. The van der Waals surface area contributed by atoms with Crippen molar-refractivity contribution >= 4 is 29.0 Å². The fraction of sp³-hybridized carbons (Fsp3) is 0.350. The highest BCUT2D eigenvalue weighted by atomic mass is 35.5. The number of benzene rings is 2. The Balaban J connectivity index is 1.99. The number of aliphatic hydroxyl groups excluding tert-OH is 1. The molecule has 0 fully saturated rings. The molecule has 0 spiro atoms. The summed E-state index contributed by atoms with van der Waals surface area (Å²) in [4.78, 5) is 13.1. The molecule has 0 aromatic heterocycles. The molecule has 5 heteroatoms. The van der Waals surface area contributed by atoms with E-state index in [1.807, 2.05) is 37.3 Å². The molecule has 1 aliphatic carbocycles. The van der Waals surface area contributed by atoms with Crippen LogP contribution in [-0.4, -0.2) is 23.6 Å². The lowest BCUT2D eigenvalue weighted by atomic mass is 9.82. The summed E-state index contributed by atoms with van der Waals surface area (Å²) >= 11 is 12.9. The van der Waals surface area contributed by atoms with Gasteiger partial charge in [0.1, 0.15) is 16.9 Å². The quantitative estimate of drug-likeness (QED) is 0.848. The number of ether oxygens (including phenoxy) is 1. The number of hydrogen-bond acceptors (Lipinski definition) is 3. The van der Waals surface area contributed by atoms with Gasteiger partial charge < -0.3 is 9.84 Å². The van der Waals surface area contributed by atoms with Crippen LogP contribution in [0.1, 0.15) is 46.3 Å². The molecule has 1 N–H and O–H groups in total. The first kappa shape index (κ1) is 16.9. The number of aliphatic hydroxyl groups is 1. The Hall–Kier alpha value is -1.55. The first-order valence-electron chi connectivity index (χ1n) is 8.48. The van der Waals surface area contributed by atoms with E-state index in [4.69, 9.17) is 27.9 Å². The maximum Gasteiger partial charge on any atom is 0.168 e. The molecule has 3 unspecified atom stereocenters. The molecule has 2 aromatic rings. The smallest absolute Gasteiger partial charge is 0.168 e. The Morgan fingerprint density at radius 2 is 1.92 bits per heavy atom. The first-order chi connectivity index (χ1) is 12.1. The Morgan fingerprint density at radius 1 is 1.20 bits per heavy atom. The number of carbonyl (C=O) groups excluding carboxylic acids is 1. The summed E-state index contributed by atoms with van der Waals surface area (Å²) in [5.41, 5.74) is 3.48. The van der Waals surface area contributed by atoms with Crippen LogP contribution in [-0.2, 0) is 6.42 Å². The molecule has 1 aliphatic heterocycles. The number of Topliss-reactive ketones (excluding diaryl/α,β-unsaturated/α-hetero) is 1. The average Bonchev–Trinajstić information content (AvgIpc) is 3.19. The summed E-state index contributed by atoms with van der Waals surface area (Å²) in [6.07, 6.45) is 0.917. The second-order valence-electron chi connectivity index (χ2n) is 6.62. The molecule has 0 bridgehead atoms. The van der Waals surface area contributed by atoms with Gasteiger partial charge in [0, 0.05) is 29.4 Å². The van der Waals surface area contributed by atoms with E-state index in [1.165, 1.54) is 0 Å². The molecule has 3 nitrogen and oxygen atoms in total. The van der Waals surface area contributed by atoms with Gasteiger partial charge in [-0.2, -0.15) is 0 Å². The lowest BCUT2D eigenvalue weighted by Crippen LogP contribution is -2.18. The van der Waals surface area contributed by atoms with Gasteiger partial charge in [0.25, 0.3) is 0 Å². The molecule has 25 heavy (non-hydrogen) atoms. The number of carbonyl (C=O) groups is 1. The van der Waals surface area contributed by atoms with Crippen LogP contribution in [0.5, 0.6) is 5.75 Å². The van der Waals surface area contributed by atoms with Crippen molar-refractivity contribution in [2.24, 2.45) is 5.92 Å². The number of fused-ring (bicyclic) bond motifs is 3. The SMILES string of the molecule is CCC1C(=O)c2c(Cl)c(Cl)c3c(c2C1c1ccccc1)CC(CO)O3. The van der Waals surface area contributed by atoms with Crippen LogP contribution in [0, 0.1) is 5.92 Å². The van der Waals surface area contributed by atoms with Crippen molar-refractivity contribution in [2.75, 3.05) is 6.61 Å². The van der Waals surface area contributed by atoms with Crippen LogP contribution in [0.15, 0.2) is 30.3 Å². The lowest BCUT2D eigenvalue weighted by Gasteiger charge is -2.20. The maximum absolute atomic E-state index is 13.1. The number of hydrogen-bond donors (Lipinski definition) is 1. The van der Waals surface area contributed by atoms with Gasteiger partial charge >= 0.3 is 0 Å². The summed E-state index contributed by atoms with van der Waals surface area (Å²) in [6, 6.07) is 10.0. The van der Waals surface area contributed by atoms with Gasteiger partial charge in [0.05, 0.1) is 11.6 Å². The zero-order valence-corrected chi connectivity index (χ0v) is 15.3. The van der Waals surface area contributed by atoms with Crippen LogP contribution >= 0.6 is 23.2 Å². The average molecular weight is 377 g/mol. The molecule has 2 aliphatic rings. The van der Waals surface area contributed by atoms with Gasteiger partial charge in [-0.3, -0.25) is 4.79 Å². The van der Waals surface area contributed by atoms with Gasteiger partial charge in [-0.15, -0.1) is 0 Å². The molecule has 0 amide bonds. The van der Waals surface area contributed by atoms with Gasteiger partial charge in [0.2, 0.25) is 0 Å². The zero-order chi connectivity index (χ0) is 17.7. The lowest BCUT2D eigenvalue weighted by molar-refractivity contribution is 0.0926. The van der Waals surface area contributed by atoms with Crippen molar-refractivity contribution in [2.45, 2.75) is 31.8 Å². The summed E-state index contributed by atoms with van der Waals surface area (Å²) in [6.45, 7) is 1.92. The molecule has 0 radical (unpaired) electrons. The van der Waals surface area contributed by atoms with Crippen molar-refractivity contribution in [3.63, 3.8) is 0 Å². The Kier molecular flexibility index (Phi) is 4.27. The van der Waals surface area contributed by atoms with E-state index in [0.29, 0.717) is 17.7 Å². The molecular weight excluding hydrogens is 359 g/mol. The largest absolute Gasteiger partial charge is 0.486 e. The van der Waals surface area contributed by atoms with Crippen molar-refractivity contribution in [1.29, 1.82) is 0 Å². The minimum absolute atomic E-state index is 0.0495. The van der Waals surface area contributed by atoms with E-state index in [2.05, 4.69) is 0 Å². The van der Waals surface area contributed by atoms with E-state index in [9.17, 15) is 9.90 Å². The third-order valence-electron chi connectivity index (χ3n) is 5.30. The summed E-state index contributed by atoms with van der Waals surface area (Å²) in [5.74, 6) is 0.354. The van der Waals surface area contributed by atoms with E-state index < -0.39 is 0 Å². The topological polar surface area (TPSA) is 46.5 Å². The van der Waals surface area contributed by atoms with Crippen molar-refractivity contribution in [3.8, 4) is 5.75 Å². The van der Waals surface area contributed by atoms with Gasteiger partial charge in [-0.05, 0) is 17.5 Å². The predicted octanol–water partition coefficient (Wildman–Crippen LogP) is 4.64. The molecule has 0 saturated carbocycles. The van der Waals surface area contributed by atoms with Gasteiger partial charge in [0.15, 0.2) is 5.78 Å². The van der Waals surface area contributed by atoms with Crippen LogP contribution in [0.2, 0.25) is 10.0 Å². The molecule has 2 aromatic carbocycles. The molecule has 0 saturated heterocycles. The molecule has 4 rings (SSSR count). The van der Waals surface area contributed by atoms with Crippen molar-refractivity contribution < 1.29 is 14.6 Å². The summed E-state index contributed by atoms with van der Waals surface area (Å²) in [7, 11) is 0. The second kappa shape index (κ2) is 6.31. The van der Waals surface area contributed by atoms with Crippen molar-refractivity contribution in [1.82, 2.24) is 0 Å². The van der Waals surface area contributed by atoms with E-state index in [1.54, 1.807) is 0 Å². The number of rotatable bonds is 3. The van der Waals surface area contributed by atoms with Gasteiger partial charge in [-0.1, -0.05) is 60.5 Å². The molecule has 130 valence electrons. The third-order valence-corrected chi connectivity index (χ3v) is 6.13. The maximum atomic E-state index is 13.1. The highest BCUT2D eigenvalue weighted by Crippen LogP contribution is 2.54. The number of halogens is 2. The van der Waals surface area contributed by atoms with E-state index >= 15 is 0 Å². The van der Waals surface area contributed by atoms with E-state index in [-0.39, 0.29) is 40.4 Å². The van der Waals surface area contributed by atoms with Crippen LogP contribution in [0.3, 0.4) is 0 Å². The monoisotopic (exact) mass is 376 g/mol. The minimum Gasteiger partial charge on any atom is -0.486 e. The Bertz CT molecular complexity index is 848. The normalized spacial score (nSPS) is 24.2. The fourth-order valence-electron chi connectivity index (χ4n) is 4.20. The highest BCUT2D eigenvalue weighted by Gasteiger charge is 2.46. The standard InChI is InChI=1S/C20H18Cl2O3/c1-2-12-14(10-6-4-3-5-7-10)15-13-8-11(9-23)25-20(13)18(22)17(21)16(15)19(12)24/h3-7,11-12,14,23H,2,8-9H2,1H3. The van der Waals surface area contributed by atoms with Crippen LogP contribution < -0.4 is 4.74 Å². The molecule has 3 atom stereocenters. The van der Waals surface area contributed by atoms with Crippen LogP contribution in [0.4, 0.5) is 0 Å². The second-order valence-corrected chi connectivity index (χ2v) is 7.37. The zero-order valence-electron chi connectivity index (χ0n) is 13.8. The highest BCUT2D eigenvalue weighted by molar-refractivity contribution is 6.45. The third kappa shape index (κ3) is 2.41. The van der Waals surface area contributed by atoms with E-state index in [0.717, 1.165) is 23.1 Å². The number of ketones is 1. The minimum atomic E-state index is -0.345. The molecular formula is C20H18Cl2O3.